The lowest BCUT2D eigenvalue weighted by atomic mass is 10.0. The first-order valence-electron chi connectivity index (χ1n) is 6.72. The summed E-state index contributed by atoms with van der Waals surface area (Å²) in [6.45, 7) is 4.48. The molecule has 0 bridgehead atoms. The maximum absolute atomic E-state index is 12.4. The molecular formula is C16H19NO4. The Morgan fingerprint density at radius 1 is 1.19 bits per heavy atom. The van der Waals surface area contributed by atoms with Gasteiger partial charge in [-0.2, -0.15) is 0 Å². The third kappa shape index (κ3) is 4.34. The second-order valence-corrected chi connectivity index (χ2v) is 5.00. The van der Waals surface area contributed by atoms with Gasteiger partial charge in [-0.05, 0) is 38.8 Å². The summed E-state index contributed by atoms with van der Waals surface area (Å²) in [6.07, 6.45) is 0.664. The summed E-state index contributed by atoms with van der Waals surface area (Å²) in [5, 5.41) is 0. The maximum atomic E-state index is 12.4. The number of nitrogens with zero attached hydrogens (tertiary/aromatic N) is 1. The van der Waals surface area contributed by atoms with Gasteiger partial charge in [-0.3, -0.25) is 19.3 Å². The van der Waals surface area contributed by atoms with E-state index >= 15 is 0 Å². The predicted octanol–water partition coefficient (Wildman–Crippen LogP) is 1.92. The molecule has 1 unspecified atom stereocenters. The molecule has 0 aliphatic heterocycles. The molecule has 0 aliphatic carbocycles. The number of benzene rings is 1. The molecule has 1 aromatic rings. The topological polar surface area (TPSA) is 71.5 Å². The number of imide groups is 1. The maximum Gasteiger partial charge on any atom is 0.261 e. The van der Waals surface area contributed by atoms with Gasteiger partial charge in [0.15, 0.2) is 5.78 Å². The summed E-state index contributed by atoms with van der Waals surface area (Å²) in [5.41, 5.74) is 1.10. The number of aryl methyl sites for hydroxylation is 1. The van der Waals surface area contributed by atoms with Gasteiger partial charge in [0.2, 0.25) is 6.41 Å². The molecule has 0 saturated heterocycles. The SMILES string of the molecule is CC(=O)CCC(C(C)=O)N(C=O)C(=O)c1ccccc1C. The van der Waals surface area contributed by atoms with Crippen molar-refractivity contribution in [1.82, 2.24) is 4.90 Å². The van der Waals surface area contributed by atoms with E-state index < -0.39 is 11.9 Å². The molecule has 0 heterocycles. The molecule has 0 saturated carbocycles. The molecule has 5 heteroatoms. The van der Waals surface area contributed by atoms with Crippen LogP contribution in [0.2, 0.25) is 0 Å². The average molecular weight is 289 g/mol. The second kappa shape index (κ2) is 7.47. The number of ketones is 2. The molecule has 1 atom stereocenters. The quantitative estimate of drug-likeness (QED) is 0.719. The first-order chi connectivity index (χ1) is 9.88. The second-order valence-electron chi connectivity index (χ2n) is 5.00. The van der Waals surface area contributed by atoms with Crippen LogP contribution in [0.3, 0.4) is 0 Å². The lowest BCUT2D eigenvalue weighted by Gasteiger charge is -2.25. The smallest absolute Gasteiger partial charge is 0.261 e. The molecule has 0 spiro atoms. The van der Waals surface area contributed by atoms with Gasteiger partial charge in [0.1, 0.15) is 5.78 Å². The summed E-state index contributed by atoms with van der Waals surface area (Å²) >= 11 is 0. The molecule has 0 aliphatic rings. The Bertz CT molecular complexity index is 565. The van der Waals surface area contributed by atoms with Crippen LogP contribution in [0.5, 0.6) is 0 Å². The Balaban J connectivity index is 3.05. The standard InChI is InChI=1S/C16H19NO4/c1-11-6-4-5-7-14(11)16(21)17(10-18)15(13(3)20)9-8-12(2)19/h4-7,10,15H,8-9H2,1-3H3. The minimum absolute atomic E-state index is 0.0876. The molecule has 0 fully saturated rings. The lowest BCUT2D eigenvalue weighted by molar-refractivity contribution is -0.128. The Morgan fingerprint density at radius 2 is 1.81 bits per heavy atom. The highest BCUT2D eigenvalue weighted by atomic mass is 16.2. The van der Waals surface area contributed by atoms with Crippen molar-refractivity contribution in [3.8, 4) is 0 Å². The van der Waals surface area contributed by atoms with E-state index in [1.54, 1.807) is 31.2 Å². The first-order valence-corrected chi connectivity index (χ1v) is 6.72. The van der Waals surface area contributed by atoms with E-state index in [9.17, 15) is 19.2 Å². The summed E-state index contributed by atoms with van der Waals surface area (Å²) in [5.74, 6) is -0.924. The molecule has 0 radical (unpaired) electrons. The van der Waals surface area contributed by atoms with Gasteiger partial charge in [-0.15, -0.1) is 0 Å². The molecule has 1 aromatic carbocycles. The minimum atomic E-state index is -0.904. The highest BCUT2D eigenvalue weighted by Crippen LogP contribution is 2.15. The molecule has 5 nitrogen and oxygen atoms in total. The fourth-order valence-corrected chi connectivity index (χ4v) is 2.09. The van der Waals surface area contributed by atoms with Crippen LogP contribution >= 0.6 is 0 Å². The average Bonchev–Trinajstić information content (AvgIpc) is 2.42. The molecule has 0 aromatic heterocycles. The number of carbonyl (C=O) groups is 4. The predicted molar refractivity (Wildman–Crippen MR) is 77.8 cm³/mol. The molecule has 1 rings (SSSR count). The fraction of sp³-hybridized carbons (Fsp3) is 0.375. The third-order valence-electron chi connectivity index (χ3n) is 3.30. The van der Waals surface area contributed by atoms with Gasteiger partial charge in [0.25, 0.3) is 5.91 Å². The van der Waals surface area contributed by atoms with Crippen molar-refractivity contribution in [3.05, 3.63) is 35.4 Å². The molecule has 0 N–H and O–H groups in total. The van der Waals surface area contributed by atoms with Crippen LogP contribution in [-0.2, 0) is 14.4 Å². The van der Waals surface area contributed by atoms with Crippen molar-refractivity contribution in [2.24, 2.45) is 0 Å². The van der Waals surface area contributed by atoms with Gasteiger partial charge in [-0.1, -0.05) is 18.2 Å². The summed E-state index contributed by atoms with van der Waals surface area (Å²) in [7, 11) is 0. The number of hydrogen-bond donors (Lipinski definition) is 0. The number of amides is 2. The Labute approximate surface area is 123 Å². The lowest BCUT2D eigenvalue weighted by Crippen LogP contribution is -2.43. The number of rotatable bonds is 7. The van der Waals surface area contributed by atoms with Crippen LogP contribution in [0, 0.1) is 6.92 Å². The van der Waals surface area contributed by atoms with E-state index in [4.69, 9.17) is 0 Å². The monoisotopic (exact) mass is 289 g/mol. The largest absolute Gasteiger partial charge is 0.300 e. The summed E-state index contributed by atoms with van der Waals surface area (Å²) in [4.78, 5) is 47.4. The summed E-state index contributed by atoms with van der Waals surface area (Å²) in [6, 6.07) is 5.95. The van der Waals surface area contributed by atoms with E-state index in [1.807, 2.05) is 0 Å². The van der Waals surface area contributed by atoms with Crippen LogP contribution in [-0.4, -0.2) is 34.8 Å². The van der Waals surface area contributed by atoms with Crippen LogP contribution < -0.4 is 0 Å². The van der Waals surface area contributed by atoms with E-state index in [2.05, 4.69) is 0 Å². The molecule has 21 heavy (non-hydrogen) atoms. The highest BCUT2D eigenvalue weighted by Gasteiger charge is 2.28. The van der Waals surface area contributed by atoms with Gasteiger partial charge < -0.3 is 4.79 Å². The van der Waals surface area contributed by atoms with Crippen LogP contribution in [0.25, 0.3) is 0 Å². The van der Waals surface area contributed by atoms with Crippen LogP contribution in [0.15, 0.2) is 24.3 Å². The van der Waals surface area contributed by atoms with E-state index in [-0.39, 0.29) is 24.4 Å². The number of carbonyl (C=O) groups excluding carboxylic acids is 4. The number of hydrogen-bond acceptors (Lipinski definition) is 4. The van der Waals surface area contributed by atoms with E-state index in [0.717, 1.165) is 10.5 Å². The van der Waals surface area contributed by atoms with Gasteiger partial charge >= 0.3 is 0 Å². The molecule has 112 valence electrons. The van der Waals surface area contributed by atoms with Gasteiger partial charge in [0, 0.05) is 12.0 Å². The van der Waals surface area contributed by atoms with Crippen molar-refractivity contribution in [2.45, 2.75) is 39.7 Å². The van der Waals surface area contributed by atoms with Gasteiger partial charge in [0.05, 0.1) is 6.04 Å². The van der Waals surface area contributed by atoms with Crippen LogP contribution in [0.4, 0.5) is 0 Å². The van der Waals surface area contributed by atoms with Crippen molar-refractivity contribution in [1.29, 1.82) is 0 Å². The zero-order valence-electron chi connectivity index (χ0n) is 12.5. The zero-order chi connectivity index (χ0) is 16.0. The highest BCUT2D eigenvalue weighted by molar-refractivity contribution is 6.04. The Hall–Kier alpha value is -2.30. The molecular weight excluding hydrogens is 270 g/mol. The molecule has 2 amide bonds. The van der Waals surface area contributed by atoms with Crippen molar-refractivity contribution in [2.75, 3.05) is 0 Å². The fourth-order valence-electron chi connectivity index (χ4n) is 2.09. The van der Waals surface area contributed by atoms with Crippen LogP contribution in [0.1, 0.15) is 42.6 Å². The Morgan fingerprint density at radius 3 is 2.29 bits per heavy atom. The van der Waals surface area contributed by atoms with Crippen molar-refractivity contribution in [3.63, 3.8) is 0 Å². The van der Waals surface area contributed by atoms with Crippen molar-refractivity contribution >= 4 is 23.9 Å². The van der Waals surface area contributed by atoms with Crippen molar-refractivity contribution < 1.29 is 19.2 Å². The van der Waals surface area contributed by atoms with E-state index in [1.165, 1.54) is 13.8 Å². The normalized spacial score (nSPS) is 11.6. The zero-order valence-corrected chi connectivity index (χ0v) is 12.5. The third-order valence-corrected chi connectivity index (χ3v) is 3.30. The van der Waals surface area contributed by atoms with Gasteiger partial charge in [-0.25, -0.2) is 0 Å². The number of Topliss-reactive ketones (excluding diaryl/α,β-unsaturated/α-hetero) is 2. The summed E-state index contributed by atoms with van der Waals surface area (Å²) < 4.78 is 0. The van der Waals surface area contributed by atoms with E-state index in [0.29, 0.717) is 12.0 Å². The first kappa shape index (κ1) is 16.8. The Kier molecular flexibility index (Phi) is 5.96. The minimum Gasteiger partial charge on any atom is -0.300 e.